The van der Waals surface area contributed by atoms with E-state index >= 15 is 0 Å². The number of fused-ring (bicyclic) bond motifs is 2. The van der Waals surface area contributed by atoms with Crippen molar-refractivity contribution in [2.24, 2.45) is 0 Å². The van der Waals surface area contributed by atoms with Crippen molar-refractivity contribution >= 4 is 47.0 Å². The van der Waals surface area contributed by atoms with Crippen molar-refractivity contribution in [2.75, 3.05) is 0 Å². The van der Waals surface area contributed by atoms with E-state index in [1.165, 1.54) is 11.1 Å². The zero-order chi connectivity index (χ0) is 80.2. The lowest BCUT2D eigenvalue weighted by molar-refractivity contribution is 0.395. The third-order valence-corrected chi connectivity index (χ3v) is 26.0. The van der Waals surface area contributed by atoms with Gasteiger partial charge in [-0.05, 0) is 126 Å². The minimum Gasteiger partial charge on any atom is -0.507 e. The van der Waals surface area contributed by atoms with E-state index in [-0.39, 0.29) is 33.8 Å². The van der Waals surface area contributed by atoms with Gasteiger partial charge < -0.3 is 25.2 Å². The first kappa shape index (κ1) is 77.8. The van der Waals surface area contributed by atoms with E-state index in [4.69, 9.17) is 4.74 Å². The van der Waals surface area contributed by atoms with Gasteiger partial charge in [-0.2, -0.15) is 0 Å². The lowest BCUT2D eigenvalue weighted by atomic mass is 9.72. The number of phenols is 4. The smallest absolute Gasteiger partial charge is 0.145 e. The van der Waals surface area contributed by atoms with Crippen molar-refractivity contribution < 1.29 is 25.2 Å². The fourth-order valence-corrected chi connectivity index (χ4v) is 19.6. The fraction of sp³-hybridized carbons (Fsp3) is 0.103. The summed E-state index contributed by atoms with van der Waals surface area (Å²) in [6.07, 6.45) is 0. The number of ether oxygens (including phenoxy) is 1. The van der Waals surface area contributed by atoms with Crippen molar-refractivity contribution in [1.82, 2.24) is 0 Å². The van der Waals surface area contributed by atoms with E-state index in [1.54, 1.807) is 47.0 Å². The van der Waals surface area contributed by atoms with Gasteiger partial charge in [0, 0.05) is 90.4 Å². The summed E-state index contributed by atoms with van der Waals surface area (Å²) in [7, 11) is 0. The molecular weight excluding hydrogens is 1490 g/mol. The highest BCUT2D eigenvalue weighted by molar-refractivity contribution is 8.00. The van der Waals surface area contributed by atoms with Gasteiger partial charge in [-0.25, -0.2) is 0 Å². The van der Waals surface area contributed by atoms with Gasteiger partial charge in [0.25, 0.3) is 0 Å². The van der Waals surface area contributed by atoms with Crippen LogP contribution in [0, 0.1) is 0 Å². The third-order valence-electron chi connectivity index (χ3n) is 21.5. The van der Waals surface area contributed by atoms with Gasteiger partial charge in [0.1, 0.15) is 34.5 Å². The number of aromatic hydroxyl groups is 4. The number of para-hydroxylation sites is 4. The number of rotatable bonds is 17. The van der Waals surface area contributed by atoms with Gasteiger partial charge in [-0.1, -0.05) is 418 Å². The Morgan fingerprint density at radius 3 is 0.638 bits per heavy atom. The Morgan fingerprint density at radius 2 is 0.405 bits per heavy atom. The zero-order valence-corrected chi connectivity index (χ0v) is 69.2. The highest BCUT2D eigenvalue weighted by Crippen LogP contribution is 2.59. The van der Waals surface area contributed by atoms with Gasteiger partial charge in [-0.3, -0.25) is 0 Å². The number of hydrogen-bond acceptors (Lipinski definition) is 9. The Labute approximate surface area is 698 Å². The summed E-state index contributed by atoms with van der Waals surface area (Å²) in [5.74, 6) is 2.76. The van der Waals surface area contributed by atoms with Crippen molar-refractivity contribution in [3.05, 3.63) is 386 Å². The molecule has 4 N–H and O–H groups in total. The molecule has 0 saturated carbocycles. The summed E-state index contributed by atoms with van der Waals surface area (Å²) in [5, 5.41) is 46.8. The van der Waals surface area contributed by atoms with Gasteiger partial charge in [0.05, 0.1) is 9.79 Å². The molecule has 570 valence electrons. The van der Waals surface area contributed by atoms with Crippen LogP contribution in [0.4, 0.5) is 0 Å². The minimum absolute atomic E-state index is 0.135. The quantitative estimate of drug-likeness (QED) is 0.0712. The van der Waals surface area contributed by atoms with Gasteiger partial charge in [0.2, 0.25) is 0 Å². The monoisotopic (exact) mass is 1580 g/mol. The largest absolute Gasteiger partial charge is 0.507 e. The SMILES string of the molecule is CC(C)(C)c1cc(Sc2ccccc2-c2cccc(-c3ccccc3)c2O)c2c(c1)C(C)(C)c1cc(C(C)(C)C)cc(Sc3ccccc3-c3cccc(-c4ccccc4)c3O)c1O2.Oc1c(-c2ccccc2)cccc1-c1ccccc1Sc1ccccc1-c1ccccc1Sc1ccccc1-c1cccc(-c2ccccc2)c1O. The standard InChI is InChI=1S/C59H54O3S2.C48H34O2S2/c1-57(2,3)39-33-47-55(51(35-39)63-49-31-17-15-25-43(49)45-29-19-27-41(53(45)60)37-21-11-9-12-22-37)62-56-48(59(47,7)8)34-40(58(4,5)6)36-52(56)64-50-32-18-16-26-44(50)46-30-20-28-42(54(46)61)38-23-13-10-14-24-38;49-47-35(33-17-3-1-4-18-33)25-15-27-41(47)39-23-9-13-31-45(39)51-43-29-11-7-21-37(43)38-22-8-12-30-44(38)52-46-32-14-10-24-40(46)42-28-16-26-36(48(42)50)34-19-5-2-6-20-34/h9-36,60-61H,1-8H3;1-32,49-50H. The predicted octanol–water partition coefficient (Wildman–Crippen LogP) is 30.8. The van der Waals surface area contributed by atoms with Gasteiger partial charge in [0.15, 0.2) is 0 Å². The van der Waals surface area contributed by atoms with E-state index in [2.05, 4.69) is 201 Å². The van der Waals surface area contributed by atoms with Crippen LogP contribution in [0.2, 0.25) is 0 Å². The van der Waals surface area contributed by atoms with E-state index in [0.29, 0.717) is 0 Å². The first-order chi connectivity index (χ1) is 56.2. The zero-order valence-electron chi connectivity index (χ0n) is 66.0. The average molecular weight is 1580 g/mol. The van der Waals surface area contributed by atoms with Crippen LogP contribution < -0.4 is 4.74 Å². The maximum Gasteiger partial charge on any atom is 0.145 e. The molecule has 0 fully saturated rings. The van der Waals surface area contributed by atoms with E-state index in [9.17, 15) is 20.4 Å². The van der Waals surface area contributed by atoms with E-state index in [1.807, 2.05) is 218 Å². The van der Waals surface area contributed by atoms with Crippen LogP contribution in [-0.2, 0) is 16.2 Å². The first-order valence-corrected chi connectivity index (χ1v) is 42.3. The van der Waals surface area contributed by atoms with Crippen LogP contribution >= 0.6 is 47.0 Å². The highest BCUT2D eigenvalue weighted by Gasteiger charge is 2.40. The van der Waals surface area contributed by atoms with Crippen LogP contribution in [0.5, 0.6) is 34.5 Å². The molecule has 0 amide bonds. The number of phenolic OH excluding ortho intramolecular Hbond substituents is 4. The maximum absolute atomic E-state index is 11.9. The molecule has 1 aliphatic heterocycles. The molecule has 16 aromatic rings. The molecule has 0 spiro atoms. The van der Waals surface area contributed by atoms with Crippen molar-refractivity contribution in [3.8, 4) is 135 Å². The van der Waals surface area contributed by atoms with Crippen LogP contribution in [-0.4, -0.2) is 20.4 Å². The molecule has 0 saturated heterocycles. The van der Waals surface area contributed by atoms with Crippen molar-refractivity contribution in [1.29, 1.82) is 0 Å². The van der Waals surface area contributed by atoms with Crippen molar-refractivity contribution in [3.63, 3.8) is 0 Å². The summed E-state index contributed by atoms with van der Waals surface area (Å²) in [6, 6.07) is 124. The molecule has 0 aromatic heterocycles. The molecule has 0 radical (unpaired) electrons. The summed E-state index contributed by atoms with van der Waals surface area (Å²) >= 11 is 6.78. The van der Waals surface area contributed by atoms with Crippen LogP contribution in [0.1, 0.15) is 77.6 Å². The van der Waals surface area contributed by atoms with Crippen LogP contribution in [0.25, 0.3) is 100 Å². The van der Waals surface area contributed by atoms with Crippen molar-refractivity contribution in [2.45, 2.75) is 111 Å². The summed E-state index contributed by atoms with van der Waals surface area (Å²) in [5.41, 5.74) is 20.4. The lowest BCUT2D eigenvalue weighted by Gasteiger charge is -2.39. The molecule has 0 unspecified atom stereocenters. The van der Waals surface area contributed by atoms with Gasteiger partial charge >= 0.3 is 0 Å². The molecule has 0 aliphatic carbocycles. The second-order valence-corrected chi connectivity index (χ2v) is 35.9. The molecule has 5 nitrogen and oxygen atoms in total. The maximum atomic E-state index is 11.9. The Hall–Kier alpha value is -12.1. The molecular formula is C107H88O5S4. The average Bonchev–Trinajstić information content (AvgIpc) is 0.718. The molecule has 116 heavy (non-hydrogen) atoms. The molecule has 16 aromatic carbocycles. The Kier molecular flexibility index (Phi) is 22.4. The molecule has 0 atom stereocenters. The topological polar surface area (TPSA) is 90.2 Å². The first-order valence-electron chi connectivity index (χ1n) is 39.1. The molecule has 9 heteroatoms. The lowest BCUT2D eigenvalue weighted by Crippen LogP contribution is -2.27. The van der Waals surface area contributed by atoms with Crippen LogP contribution in [0.3, 0.4) is 0 Å². The normalized spacial score (nSPS) is 12.2. The van der Waals surface area contributed by atoms with Gasteiger partial charge in [-0.15, -0.1) is 0 Å². The molecule has 1 heterocycles. The fourth-order valence-electron chi connectivity index (χ4n) is 15.2. The Bertz CT molecular complexity index is 5900. The molecule has 0 bridgehead atoms. The molecule has 17 rings (SSSR count). The minimum atomic E-state index is -0.431. The summed E-state index contributed by atoms with van der Waals surface area (Å²) in [4.78, 5) is 8.42. The summed E-state index contributed by atoms with van der Waals surface area (Å²) in [6.45, 7) is 18.3. The third kappa shape index (κ3) is 16.1. The Morgan fingerprint density at radius 1 is 0.216 bits per heavy atom. The van der Waals surface area contributed by atoms with Crippen LogP contribution in [0.15, 0.2) is 403 Å². The number of hydrogen-bond donors (Lipinski definition) is 4. The summed E-state index contributed by atoms with van der Waals surface area (Å²) < 4.78 is 7.41. The van der Waals surface area contributed by atoms with E-state index < -0.39 is 5.41 Å². The number of benzene rings is 16. The Balaban J connectivity index is 0.000000178. The second-order valence-electron chi connectivity index (χ2n) is 31.6. The second kappa shape index (κ2) is 33.4. The highest BCUT2D eigenvalue weighted by atomic mass is 32.2. The molecule has 1 aliphatic rings. The predicted molar refractivity (Wildman–Crippen MR) is 487 cm³/mol. The van der Waals surface area contributed by atoms with E-state index in [0.717, 1.165) is 162 Å².